The first-order valence-electron chi connectivity index (χ1n) is 7.43. The van der Waals surface area contributed by atoms with E-state index in [1.165, 1.54) is 16.9 Å². The normalized spacial score (nSPS) is 19.3. The standard InChI is InChI=1S/C14H13F6N5/c15-13(16,17)10-3-4-12(22-21-10)24-6-1-2-9(8-24)25-7-5-11(23-25)14(18,19)20/h3-5,7,9H,1-2,6,8H2. The topological polar surface area (TPSA) is 46.8 Å². The minimum Gasteiger partial charge on any atom is -0.353 e. The zero-order valence-corrected chi connectivity index (χ0v) is 12.7. The molecule has 1 aliphatic rings. The number of rotatable bonds is 2. The van der Waals surface area contributed by atoms with E-state index in [1.54, 1.807) is 4.90 Å². The van der Waals surface area contributed by atoms with Crippen molar-refractivity contribution in [2.75, 3.05) is 18.0 Å². The lowest BCUT2D eigenvalue weighted by Crippen LogP contribution is -2.37. The molecule has 0 aromatic carbocycles. The van der Waals surface area contributed by atoms with Gasteiger partial charge in [-0.3, -0.25) is 4.68 Å². The molecule has 5 nitrogen and oxygen atoms in total. The van der Waals surface area contributed by atoms with Gasteiger partial charge in [-0.25, -0.2) is 0 Å². The van der Waals surface area contributed by atoms with Crippen molar-refractivity contribution < 1.29 is 26.3 Å². The van der Waals surface area contributed by atoms with Crippen molar-refractivity contribution in [3.05, 3.63) is 35.8 Å². The number of halogens is 6. The summed E-state index contributed by atoms with van der Waals surface area (Å²) in [5.41, 5.74) is -2.06. The van der Waals surface area contributed by atoms with E-state index in [1.807, 2.05) is 0 Å². The molecule has 0 spiro atoms. The van der Waals surface area contributed by atoms with Gasteiger partial charge in [0.25, 0.3) is 0 Å². The van der Waals surface area contributed by atoms with Crippen LogP contribution in [0.25, 0.3) is 0 Å². The van der Waals surface area contributed by atoms with E-state index in [4.69, 9.17) is 0 Å². The molecule has 0 aliphatic carbocycles. The van der Waals surface area contributed by atoms with Crippen LogP contribution in [0, 0.1) is 0 Å². The molecule has 0 bridgehead atoms. The van der Waals surface area contributed by atoms with Crippen molar-refractivity contribution in [2.24, 2.45) is 0 Å². The van der Waals surface area contributed by atoms with Gasteiger partial charge in [-0.05, 0) is 31.0 Å². The summed E-state index contributed by atoms with van der Waals surface area (Å²) < 4.78 is 76.8. The van der Waals surface area contributed by atoms with Crippen LogP contribution in [0.3, 0.4) is 0 Å². The van der Waals surface area contributed by atoms with Crippen LogP contribution in [0.5, 0.6) is 0 Å². The molecule has 2 aromatic rings. The lowest BCUT2D eigenvalue weighted by Gasteiger charge is -2.33. The Morgan fingerprint density at radius 2 is 1.64 bits per heavy atom. The molecule has 0 saturated carbocycles. The van der Waals surface area contributed by atoms with Gasteiger partial charge >= 0.3 is 12.4 Å². The van der Waals surface area contributed by atoms with Gasteiger partial charge in [-0.2, -0.15) is 31.4 Å². The van der Waals surface area contributed by atoms with Gasteiger partial charge in [-0.15, -0.1) is 10.2 Å². The third-order valence-electron chi connectivity index (χ3n) is 3.93. The van der Waals surface area contributed by atoms with Crippen LogP contribution in [0.2, 0.25) is 0 Å². The zero-order valence-electron chi connectivity index (χ0n) is 12.7. The van der Waals surface area contributed by atoms with Crippen LogP contribution in [0.1, 0.15) is 30.3 Å². The average molecular weight is 365 g/mol. The first-order valence-corrected chi connectivity index (χ1v) is 7.43. The molecule has 25 heavy (non-hydrogen) atoms. The maximum Gasteiger partial charge on any atom is 0.435 e. The van der Waals surface area contributed by atoms with Crippen LogP contribution in [-0.4, -0.2) is 33.1 Å². The van der Waals surface area contributed by atoms with E-state index in [2.05, 4.69) is 15.3 Å². The summed E-state index contributed by atoms with van der Waals surface area (Å²) in [6, 6.07) is 2.62. The van der Waals surface area contributed by atoms with Gasteiger partial charge in [0.05, 0.1) is 6.04 Å². The summed E-state index contributed by atoms with van der Waals surface area (Å²) in [5.74, 6) is 0.251. The van der Waals surface area contributed by atoms with Crippen molar-refractivity contribution in [2.45, 2.75) is 31.2 Å². The van der Waals surface area contributed by atoms with Crippen molar-refractivity contribution in [3.63, 3.8) is 0 Å². The fraction of sp³-hybridized carbons (Fsp3) is 0.500. The summed E-state index contributed by atoms with van der Waals surface area (Å²) in [5, 5.41) is 10.3. The summed E-state index contributed by atoms with van der Waals surface area (Å²) in [7, 11) is 0. The highest BCUT2D eigenvalue weighted by molar-refractivity contribution is 5.38. The Kier molecular flexibility index (Phi) is 4.33. The van der Waals surface area contributed by atoms with E-state index in [9.17, 15) is 26.3 Å². The Balaban J connectivity index is 1.74. The van der Waals surface area contributed by atoms with Gasteiger partial charge in [0.2, 0.25) is 0 Å². The molecule has 1 fully saturated rings. The second-order valence-corrected chi connectivity index (χ2v) is 5.70. The predicted octanol–water partition coefficient (Wildman–Crippen LogP) is 3.55. The first-order chi connectivity index (χ1) is 11.6. The van der Waals surface area contributed by atoms with Gasteiger partial charge < -0.3 is 4.90 Å². The second-order valence-electron chi connectivity index (χ2n) is 5.70. The quantitative estimate of drug-likeness (QED) is 0.764. The molecule has 0 radical (unpaired) electrons. The largest absolute Gasteiger partial charge is 0.435 e. The highest BCUT2D eigenvalue weighted by Crippen LogP contribution is 2.31. The summed E-state index contributed by atoms with van der Waals surface area (Å²) in [6.45, 7) is 0.822. The van der Waals surface area contributed by atoms with Gasteiger partial charge in [0.15, 0.2) is 17.2 Å². The molecule has 11 heteroatoms. The molecule has 2 aromatic heterocycles. The molecule has 1 aliphatic heterocycles. The molecule has 1 atom stereocenters. The van der Waals surface area contributed by atoms with Crippen LogP contribution in [0.15, 0.2) is 24.4 Å². The van der Waals surface area contributed by atoms with E-state index in [0.717, 1.165) is 12.1 Å². The Hall–Kier alpha value is -2.33. The van der Waals surface area contributed by atoms with E-state index < -0.39 is 23.7 Å². The number of hydrogen-bond acceptors (Lipinski definition) is 4. The number of aromatic nitrogens is 4. The molecule has 0 N–H and O–H groups in total. The van der Waals surface area contributed by atoms with E-state index >= 15 is 0 Å². The maximum atomic E-state index is 12.6. The average Bonchev–Trinajstić information content (AvgIpc) is 3.05. The minimum atomic E-state index is -4.57. The fourth-order valence-corrected chi connectivity index (χ4v) is 2.72. The van der Waals surface area contributed by atoms with E-state index in [0.29, 0.717) is 25.9 Å². The SMILES string of the molecule is FC(F)(F)c1ccc(N2CCCC(n3ccc(C(F)(F)F)n3)C2)nn1. The Bertz CT molecular complexity index is 721. The zero-order chi connectivity index (χ0) is 18.2. The smallest absolute Gasteiger partial charge is 0.353 e. The molecule has 3 rings (SSSR count). The number of nitrogens with zero attached hydrogens (tertiary/aromatic N) is 5. The minimum absolute atomic E-state index is 0.251. The number of hydrogen-bond donors (Lipinski definition) is 0. The maximum absolute atomic E-state index is 12.6. The Morgan fingerprint density at radius 3 is 2.20 bits per heavy atom. The van der Waals surface area contributed by atoms with Crippen molar-refractivity contribution in [1.29, 1.82) is 0 Å². The fourth-order valence-electron chi connectivity index (χ4n) is 2.72. The lowest BCUT2D eigenvalue weighted by atomic mass is 10.1. The molecule has 0 amide bonds. The second kappa shape index (κ2) is 6.19. The van der Waals surface area contributed by atoms with Gasteiger partial charge in [-0.1, -0.05) is 0 Å². The lowest BCUT2D eigenvalue weighted by molar-refractivity contribution is -0.142. The molecule has 1 unspecified atom stereocenters. The summed E-state index contributed by atoms with van der Waals surface area (Å²) in [6.07, 6.45) is -6.56. The predicted molar refractivity (Wildman–Crippen MR) is 74.7 cm³/mol. The van der Waals surface area contributed by atoms with Crippen molar-refractivity contribution >= 4 is 5.82 Å². The molecular formula is C14H13F6N5. The van der Waals surface area contributed by atoms with Crippen molar-refractivity contribution in [3.8, 4) is 0 Å². The Morgan fingerprint density at radius 1 is 0.920 bits per heavy atom. The summed E-state index contributed by atoms with van der Waals surface area (Å²) >= 11 is 0. The van der Waals surface area contributed by atoms with Gasteiger partial charge in [0, 0.05) is 19.3 Å². The summed E-state index contributed by atoms with van der Waals surface area (Å²) in [4.78, 5) is 1.69. The van der Waals surface area contributed by atoms with Crippen LogP contribution in [-0.2, 0) is 12.4 Å². The van der Waals surface area contributed by atoms with Crippen molar-refractivity contribution in [1.82, 2.24) is 20.0 Å². The number of anilines is 1. The third kappa shape index (κ3) is 3.85. The van der Waals surface area contributed by atoms with Crippen LogP contribution < -0.4 is 4.90 Å². The number of alkyl halides is 6. The third-order valence-corrected chi connectivity index (χ3v) is 3.93. The molecule has 3 heterocycles. The molecule has 1 saturated heterocycles. The van der Waals surface area contributed by atoms with Crippen LogP contribution in [0.4, 0.5) is 32.2 Å². The van der Waals surface area contributed by atoms with E-state index in [-0.39, 0.29) is 11.9 Å². The highest BCUT2D eigenvalue weighted by Gasteiger charge is 2.35. The molecular weight excluding hydrogens is 352 g/mol. The first kappa shape index (κ1) is 17.5. The Labute approximate surface area is 138 Å². The molecule has 136 valence electrons. The number of piperidine rings is 1. The highest BCUT2D eigenvalue weighted by atomic mass is 19.4. The van der Waals surface area contributed by atoms with Crippen LogP contribution >= 0.6 is 0 Å². The van der Waals surface area contributed by atoms with Gasteiger partial charge in [0.1, 0.15) is 0 Å². The monoisotopic (exact) mass is 365 g/mol.